The Morgan fingerprint density at radius 3 is 2.65 bits per heavy atom. The largest absolute Gasteiger partial charge is 0.481 e. The molecule has 1 amide bonds. The normalized spacial score (nSPS) is 21.5. The minimum absolute atomic E-state index is 0.0278. The topological polar surface area (TPSA) is 115 Å². The van der Waals surface area contributed by atoms with Crippen LogP contribution in [0.1, 0.15) is 30.7 Å². The number of aromatic nitrogens is 2. The number of anilines is 2. The first-order chi connectivity index (χ1) is 9.56. The maximum Gasteiger partial charge on any atom is 0.311 e. The van der Waals surface area contributed by atoms with Gasteiger partial charge in [0, 0.05) is 19.5 Å². The first-order valence-electron chi connectivity index (χ1n) is 6.48. The Morgan fingerprint density at radius 2 is 2.00 bits per heavy atom. The van der Waals surface area contributed by atoms with Crippen molar-refractivity contribution in [1.29, 1.82) is 0 Å². The van der Waals surface area contributed by atoms with E-state index in [1.165, 1.54) is 0 Å². The number of carbonyl (C=O) groups is 2. The quantitative estimate of drug-likeness (QED) is 0.694. The molecule has 3 N–H and O–H groups in total. The van der Waals surface area contributed by atoms with Gasteiger partial charge in [-0.1, -0.05) is 0 Å². The van der Waals surface area contributed by atoms with E-state index in [2.05, 4.69) is 15.3 Å². The van der Waals surface area contributed by atoms with Gasteiger partial charge < -0.3 is 15.3 Å². The van der Waals surface area contributed by atoms with Gasteiger partial charge in [-0.25, -0.2) is 0 Å². The van der Waals surface area contributed by atoms with Crippen molar-refractivity contribution in [2.75, 3.05) is 23.3 Å². The second kappa shape index (κ2) is 4.62. The van der Waals surface area contributed by atoms with Crippen molar-refractivity contribution >= 4 is 23.6 Å². The standard InChI is InChI=1S/C12H14N4O4/c17-7-5-6(11(19)20)8-9(13-7)14-12(15-10(8)18)16-3-1-2-4-16/h6H,1-5H2,(H,19,20)(H2,13,14,15,17,18). The first kappa shape index (κ1) is 12.6. The van der Waals surface area contributed by atoms with E-state index in [0.29, 0.717) is 5.95 Å². The lowest BCUT2D eigenvalue weighted by molar-refractivity contribution is -0.140. The molecule has 3 heterocycles. The third-order valence-corrected chi connectivity index (χ3v) is 3.64. The summed E-state index contributed by atoms with van der Waals surface area (Å²) >= 11 is 0. The molecule has 8 heteroatoms. The number of nitrogens with zero attached hydrogens (tertiary/aromatic N) is 2. The maximum atomic E-state index is 12.1. The summed E-state index contributed by atoms with van der Waals surface area (Å²) in [6.07, 6.45) is 1.80. The van der Waals surface area contributed by atoms with E-state index in [1.807, 2.05) is 4.90 Å². The molecule has 0 aromatic carbocycles. The molecule has 3 rings (SSSR count). The van der Waals surface area contributed by atoms with Gasteiger partial charge in [0.1, 0.15) is 5.82 Å². The van der Waals surface area contributed by atoms with E-state index in [4.69, 9.17) is 5.11 Å². The van der Waals surface area contributed by atoms with Crippen molar-refractivity contribution in [2.45, 2.75) is 25.2 Å². The molecule has 1 aromatic rings. The highest BCUT2D eigenvalue weighted by Gasteiger charge is 2.35. The van der Waals surface area contributed by atoms with Crippen molar-refractivity contribution in [3.8, 4) is 0 Å². The summed E-state index contributed by atoms with van der Waals surface area (Å²) in [5.74, 6) is -2.31. The molecule has 1 fully saturated rings. The lowest BCUT2D eigenvalue weighted by atomic mass is 9.94. The molecule has 0 saturated carbocycles. The maximum absolute atomic E-state index is 12.1. The summed E-state index contributed by atoms with van der Waals surface area (Å²) in [7, 11) is 0. The number of hydrogen-bond acceptors (Lipinski definition) is 5. The number of carboxylic acids is 1. The van der Waals surface area contributed by atoms with Gasteiger partial charge in [0.25, 0.3) is 5.56 Å². The SMILES string of the molecule is O=C1CC(C(=O)O)c2c(nc(N3CCCC3)[nH]c2=O)N1. The summed E-state index contributed by atoms with van der Waals surface area (Å²) in [4.78, 5) is 43.6. The summed E-state index contributed by atoms with van der Waals surface area (Å²) in [6.45, 7) is 1.58. The van der Waals surface area contributed by atoms with Crippen LogP contribution in [0.25, 0.3) is 0 Å². The molecule has 1 aromatic heterocycles. The zero-order chi connectivity index (χ0) is 14.3. The van der Waals surface area contributed by atoms with Gasteiger partial charge in [-0.2, -0.15) is 4.98 Å². The molecule has 0 radical (unpaired) electrons. The van der Waals surface area contributed by atoms with Crippen LogP contribution < -0.4 is 15.8 Å². The van der Waals surface area contributed by atoms with Crippen LogP contribution in [0.2, 0.25) is 0 Å². The molecular formula is C12H14N4O4. The third kappa shape index (κ3) is 2.02. The summed E-state index contributed by atoms with van der Waals surface area (Å²) in [5.41, 5.74) is -0.468. The molecule has 2 aliphatic rings. The molecule has 20 heavy (non-hydrogen) atoms. The van der Waals surface area contributed by atoms with Crippen LogP contribution in [-0.2, 0) is 9.59 Å². The molecule has 1 saturated heterocycles. The van der Waals surface area contributed by atoms with E-state index in [0.717, 1.165) is 25.9 Å². The highest BCUT2D eigenvalue weighted by Crippen LogP contribution is 2.29. The lowest BCUT2D eigenvalue weighted by Crippen LogP contribution is -2.35. The highest BCUT2D eigenvalue weighted by atomic mass is 16.4. The second-order valence-electron chi connectivity index (χ2n) is 4.99. The highest BCUT2D eigenvalue weighted by molar-refractivity contribution is 5.98. The van der Waals surface area contributed by atoms with Gasteiger partial charge in [0.05, 0.1) is 11.5 Å². The molecule has 0 spiro atoms. The van der Waals surface area contributed by atoms with Crippen LogP contribution in [0.4, 0.5) is 11.8 Å². The number of carboxylic acid groups (broad SMARTS) is 1. The van der Waals surface area contributed by atoms with E-state index in [-0.39, 0.29) is 17.8 Å². The van der Waals surface area contributed by atoms with Crippen LogP contribution in [0.5, 0.6) is 0 Å². The predicted molar refractivity (Wildman–Crippen MR) is 69.9 cm³/mol. The van der Waals surface area contributed by atoms with Crippen LogP contribution in [0, 0.1) is 0 Å². The molecular weight excluding hydrogens is 264 g/mol. The number of fused-ring (bicyclic) bond motifs is 1. The zero-order valence-corrected chi connectivity index (χ0v) is 10.7. The summed E-state index contributed by atoms with van der Waals surface area (Å²) in [5, 5.41) is 11.6. The number of carbonyl (C=O) groups excluding carboxylic acids is 1. The molecule has 8 nitrogen and oxygen atoms in total. The van der Waals surface area contributed by atoms with E-state index in [1.54, 1.807) is 0 Å². The predicted octanol–water partition coefficient (Wildman–Crippen LogP) is -0.119. The fourth-order valence-electron chi connectivity index (χ4n) is 2.65. The van der Waals surface area contributed by atoms with Crippen molar-refractivity contribution in [3.05, 3.63) is 15.9 Å². The number of amides is 1. The zero-order valence-electron chi connectivity index (χ0n) is 10.7. The van der Waals surface area contributed by atoms with Crippen molar-refractivity contribution in [3.63, 3.8) is 0 Å². The van der Waals surface area contributed by atoms with Crippen molar-refractivity contribution in [2.24, 2.45) is 0 Å². The smallest absolute Gasteiger partial charge is 0.311 e. The lowest BCUT2D eigenvalue weighted by Gasteiger charge is -2.23. The van der Waals surface area contributed by atoms with Crippen LogP contribution in [0.3, 0.4) is 0 Å². The summed E-state index contributed by atoms with van der Waals surface area (Å²) < 4.78 is 0. The first-order valence-corrected chi connectivity index (χ1v) is 6.48. The van der Waals surface area contributed by atoms with E-state index < -0.39 is 23.4 Å². The van der Waals surface area contributed by atoms with Gasteiger partial charge in [0.2, 0.25) is 11.9 Å². The summed E-state index contributed by atoms with van der Waals surface area (Å²) in [6, 6.07) is 0. The minimum Gasteiger partial charge on any atom is -0.481 e. The Labute approximate surface area is 113 Å². The molecule has 1 unspecified atom stereocenters. The van der Waals surface area contributed by atoms with Gasteiger partial charge in [-0.15, -0.1) is 0 Å². The number of aliphatic carboxylic acids is 1. The van der Waals surface area contributed by atoms with Crippen molar-refractivity contribution in [1.82, 2.24) is 9.97 Å². The Kier molecular flexibility index (Phi) is 2.92. The Bertz CT molecular complexity index is 633. The monoisotopic (exact) mass is 278 g/mol. The van der Waals surface area contributed by atoms with Crippen LogP contribution in [-0.4, -0.2) is 40.0 Å². The van der Waals surface area contributed by atoms with Crippen LogP contribution >= 0.6 is 0 Å². The van der Waals surface area contributed by atoms with Gasteiger partial charge in [-0.05, 0) is 12.8 Å². The Balaban J connectivity index is 2.08. The number of aromatic amines is 1. The number of H-pyrrole nitrogens is 1. The second-order valence-corrected chi connectivity index (χ2v) is 4.99. The Morgan fingerprint density at radius 1 is 1.30 bits per heavy atom. The number of hydrogen-bond donors (Lipinski definition) is 3. The number of rotatable bonds is 2. The van der Waals surface area contributed by atoms with E-state index in [9.17, 15) is 14.4 Å². The number of nitrogens with one attached hydrogen (secondary N) is 2. The average Bonchev–Trinajstić information content (AvgIpc) is 2.90. The molecule has 0 bridgehead atoms. The van der Waals surface area contributed by atoms with Crippen molar-refractivity contribution < 1.29 is 14.7 Å². The average molecular weight is 278 g/mol. The van der Waals surface area contributed by atoms with Gasteiger partial charge in [0.15, 0.2) is 0 Å². The van der Waals surface area contributed by atoms with Crippen LogP contribution in [0.15, 0.2) is 4.79 Å². The van der Waals surface area contributed by atoms with Gasteiger partial charge >= 0.3 is 5.97 Å². The minimum atomic E-state index is -1.19. The molecule has 106 valence electrons. The fourth-order valence-corrected chi connectivity index (χ4v) is 2.65. The molecule has 0 aliphatic carbocycles. The molecule has 1 atom stereocenters. The fraction of sp³-hybridized carbons (Fsp3) is 0.500. The molecule has 2 aliphatic heterocycles. The third-order valence-electron chi connectivity index (χ3n) is 3.64. The van der Waals surface area contributed by atoms with Gasteiger partial charge in [-0.3, -0.25) is 19.4 Å². The van der Waals surface area contributed by atoms with E-state index >= 15 is 0 Å². The Hall–Kier alpha value is -2.38.